The van der Waals surface area contributed by atoms with Gasteiger partial charge in [0.15, 0.2) is 11.5 Å². The minimum atomic E-state index is 0.124. The third-order valence-electron chi connectivity index (χ3n) is 4.12. The summed E-state index contributed by atoms with van der Waals surface area (Å²) in [6, 6.07) is 7.97. The number of carbonyl (C=O) groups excluding carboxylic acids is 1. The van der Waals surface area contributed by atoms with Crippen LogP contribution >= 0.6 is 27.3 Å². The molecule has 2 aliphatic rings. The molecule has 22 heavy (non-hydrogen) atoms. The van der Waals surface area contributed by atoms with Crippen LogP contribution in [0.5, 0.6) is 11.5 Å². The van der Waals surface area contributed by atoms with Crippen LogP contribution in [0.1, 0.15) is 27.6 Å². The summed E-state index contributed by atoms with van der Waals surface area (Å²) in [5.74, 6) is 2.10. The molecular formula is C16H14BrNO3S. The van der Waals surface area contributed by atoms with E-state index >= 15 is 0 Å². The SMILES string of the molecule is O=C(c1cc(Br)cs1)N1CC[C@H](c2ccc3c(c2)OCO3)C1. The highest BCUT2D eigenvalue weighted by Gasteiger charge is 2.29. The van der Waals surface area contributed by atoms with Crippen LogP contribution in [0.25, 0.3) is 0 Å². The van der Waals surface area contributed by atoms with Crippen molar-refractivity contribution in [1.29, 1.82) is 0 Å². The Hall–Kier alpha value is -1.53. The average molecular weight is 380 g/mol. The van der Waals surface area contributed by atoms with Crippen LogP contribution in [0.4, 0.5) is 0 Å². The number of likely N-dealkylation sites (tertiary alicyclic amines) is 1. The number of halogens is 1. The lowest BCUT2D eigenvalue weighted by Gasteiger charge is -2.16. The largest absolute Gasteiger partial charge is 0.454 e. The highest BCUT2D eigenvalue weighted by molar-refractivity contribution is 9.10. The molecule has 2 aromatic rings. The van der Waals surface area contributed by atoms with Crippen LogP contribution in [-0.2, 0) is 0 Å². The van der Waals surface area contributed by atoms with E-state index in [4.69, 9.17) is 9.47 Å². The van der Waals surface area contributed by atoms with Crippen molar-refractivity contribution in [3.8, 4) is 11.5 Å². The van der Waals surface area contributed by atoms with E-state index in [9.17, 15) is 4.79 Å². The first-order chi connectivity index (χ1) is 10.7. The summed E-state index contributed by atoms with van der Waals surface area (Å²) >= 11 is 4.88. The number of ether oxygens (including phenoxy) is 2. The topological polar surface area (TPSA) is 38.8 Å². The molecule has 1 fully saturated rings. The molecule has 3 heterocycles. The van der Waals surface area contributed by atoms with Crippen molar-refractivity contribution in [1.82, 2.24) is 4.90 Å². The van der Waals surface area contributed by atoms with E-state index in [0.717, 1.165) is 40.4 Å². The van der Waals surface area contributed by atoms with Gasteiger partial charge < -0.3 is 14.4 Å². The predicted octanol–water partition coefficient (Wildman–Crippen LogP) is 3.87. The summed E-state index contributed by atoms with van der Waals surface area (Å²) in [6.45, 7) is 1.85. The van der Waals surface area contributed by atoms with Crippen LogP contribution in [0, 0.1) is 0 Å². The Balaban J connectivity index is 1.49. The van der Waals surface area contributed by atoms with Gasteiger partial charge in [0.1, 0.15) is 0 Å². The zero-order chi connectivity index (χ0) is 15.1. The van der Waals surface area contributed by atoms with Gasteiger partial charge in [-0.15, -0.1) is 11.3 Å². The summed E-state index contributed by atoms with van der Waals surface area (Å²) in [4.78, 5) is 15.2. The van der Waals surface area contributed by atoms with Crippen molar-refractivity contribution in [2.24, 2.45) is 0 Å². The number of fused-ring (bicyclic) bond motifs is 1. The first kappa shape index (κ1) is 14.1. The first-order valence-corrected chi connectivity index (χ1v) is 8.81. The minimum Gasteiger partial charge on any atom is -0.454 e. The maximum absolute atomic E-state index is 12.5. The van der Waals surface area contributed by atoms with E-state index in [-0.39, 0.29) is 5.91 Å². The van der Waals surface area contributed by atoms with Gasteiger partial charge in [-0.05, 0) is 46.1 Å². The van der Waals surface area contributed by atoms with Crippen molar-refractivity contribution >= 4 is 33.2 Å². The summed E-state index contributed by atoms with van der Waals surface area (Å²) in [6.07, 6.45) is 0.984. The Morgan fingerprint density at radius 1 is 1.27 bits per heavy atom. The molecule has 6 heteroatoms. The van der Waals surface area contributed by atoms with Crippen molar-refractivity contribution in [2.45, 2.75) is 12.3 Å². The van der Waals surface area contributed by atoms with Crippen LogP contribution in [-0.4, -0.2) is 30.7 Å². The molecule has 1 aromatic carbocycles. The Bertz CT molecular complexity index is 730. The number of hydrogen-bond donors (Lipinski definition) is 0. The number of rotatable bonds is 2. The van der Waals surface area contributed by atoms with Gasteiger partial charge in [0.05, 0.1) is 4.88 Å². The van der Waals surface area contributed by atoms with Gasteiger partial charge in [-0.2, -0.15) is 0 Å². The lowest BCUT2D eigenvalue weighted by Crippen LogP contribution is -2.27. The Morgan fingerprint density at radius 2 is 2.14 bits per heavy atom. The van der Waals surface area contributed by atoms with Crippen molar-refractivity contribution in [2.75, 3.05) is 19.9 Å². The van der Waals surface area contributed by atoms with Gasteiger partial charge >= 0.3 is 0 Å². The second-order valence-corrected chi connectivity index (χ2v) is 7.31. The van der Waals surface area contributed by atoms with Gasteiger partial charge in [0, 0.05) is 28.9 Å². The van der Waals surface area contributed by atoms with Crippen LogP contribution in [0.15, 0.2) is 34.1 Å². The van der Waals surface area contributed by atoms with Gasteiger partial charge in [-0.25, -0.2) is 0 Å². The summed E-state index contributed by atoms with van der Waals surface area (Å²) in [7, 11) is 0. The average Bonchev–Trinajstić information content (AvgIpc) is 3.25. The predicted molar refractivity (Wildman–Crippen MR) is 87.8 cm³/mol. The van der Waals surface area contributed by atoms with Gasteiger partial charge in [-0.1, -0.05) is 6.07 Å². The van der Waals surface area contributed by atoms with E-state index in [1.807, 2.05) is 28.5 Å². The van der Waals surface area contributed by atoms with Crippen molar-refractivity contribution in [3.05, 3.63) is 44.6 Å². The highest BCUT2D eigenvalue weighted by Crippen LogP contribution is 2.37. The lowest BCUT2D eigenvalue weighted by atomic mass is 9.98. The van der Waals surface area contributed by atoms with Crippen molar-refractivity contribution in [3.63, 3.8) is 0 Å². The molecular weight excluding hydrogens is 366 g/mol. The standard InChI is InChI=1S/C16H14BrNO3S/c17-12-6-15(22-8-12)16(19)18-4-3-11(7-18)10-1-2-13-14(5-10)21-9-20-13/h1-2,5-6,8,11H,3-4,7,9H2/t11-/m0/s1. The van der Waals surface area contributed by atoms with E-state index in [2.05, 4.69) is 22.0 Å². The zero-order valence-electron chi connectivity index (χ0n) is 11.8. The summed E-state index contributed by atoms with van der Waals surface area (Å²) in [5.41, 5.74) is 1.21. The molecule has 4 rings (SSSR count). The smallest absolute Gasteiger partial charge is 0.263 e. The number of hydrogen-bond acceptors (Lipinski definition) is 4. The maximum atomic E-state index is 12.5. The number of nitrogens with zero attached hydrogens (tertiary/aromatic N) is 1. The maximum Gasteiger partial charge on any atom is 0.263 e. The highest BCUT2D eigenvalue weighted by atomic mass is 79.9. The fourth-order valence-corrected chi connectivity index (χ4v) is 4.36. The summed E-state index contributed by atoms with van der Waals surface area (Å²) < 4.78 is 11.7. The molecule has 0 N–H and O–H groups in total. The van der Waals surface area contributed by atoms with Crippen molar-refractivity contribution < 1.29 is 14.3 Å². The normalized spacial score (nSPS) is 19.7. The van der Waals surface area contributed by atoms with Crippen LogP contribution in [0.3, 0.4) is 0 Å². The molecule has 2 aliphatic heterocycles. The minimum absolute atomic E-state index is 0.124. The Labute approximate surface area is 140 Å². The van der Waals surface area contributed by atoms with Crippen LogP contribution in [0.2, 0.25) is 0 Å². The molecule has 0 saturated carbocycles. The second-order valence-electron chi connectivity index (χ2n) is 5.48. The van der Waals surface area contributed by atoms with E-state index in [1.54, 1.807) is 0 Å². The molecule has 4 nitrogen and oxygen atoms in total. The lowest BCUT2D eigenvalue weighted by molar-refractivity contribution is 0.0795. The quantitative estimate of drug-likeness (QED) is 0.794. The summed E-state index contributed by atoms with van der Waals surface area (Å²) in [5, 5.41) is 1.94. The van der Waals surface area contributed by atoms with Gasteiger partial charge in [0.25, 0.3) is 5.91 Å². The first-order valence-electron chi connectivity index (χ1n) is 7.13. The number of amides is 1. The molecule has 1 saturated heterocycles. The third kappa shape index (κ3) is 2.50. The second kappa shape index (κ2) is 5.59. The monoisotopic (exact) mass is 379 g/mol. The van der Waals surface area contributed by atoms with Gasteiger partial charge in [-0.3, -0.25) is 4.79 Å². The molecule has 0 radical (unpaired) electrons. The Kier molecular flexibility index (Phi) is 3.58. The number of thiophene rings is 1. The molecule has 0 bridgehead atoms. The molecule has 1 amide bonds. The molecule has 0 aliphatic carbocycles. The van der Waals surface area contributed by atoms with E-state index in [1.165, 1.54) is 16.9 Å². The molecule has 0 spiro atoms. The zero-order valence-corrected chi connectivity index (χ0v) is 14.2. The van der Waals surface area contributed by atoms with Crippen LogP contribution < -0.4 is 9.47 Å². The van der Waals surface area contributed by atoms with Gasteiger partial charge in [0.2, 0.25) is 6.79 Å². The number of benzene rings is 1. The third-order valence-corrected chi connectivity index (χ3v) is 5.80. The molecule has 1 aromatic heterocycles. The fourth-order valence-electron chi connectivity index (χ4n) is 2.96. The molecule has 0 unspecified atom stereocenters. The fraction of sp³-hybridized carbons (Fsp3) is 0.312. The molecule has 114 valence electrons. The van der Waals surface area contributed by atoms with E-state index < -0.39 is 0 Å². The number of carbonyl (C=O) groups is 1. The molecule has 1 atom stereocenters. The van der Waals surface area contributed by atoms with E-state index in [0.29, 0.717) is 12.7 Å². The Morgan fingerprint density at radius 3 is 2.95 bits per heavy atom.